The zero-order valence-corrected chi connectivity index (χ0v) is 15.3. The summed E-state index contributed by atoms with van der Waals surface area (Å²) in [5.41, 5.74) is 1.87. The van der Waals surface area contributed by atoms with Gasteiger partial charge in [0.1, 0.15) is 0 Å². The molecule has 1 fully saturated rings. The summed E-state index contributed by atoms with van der Waals surface area (Å²) in [6.07, 6.45) is 6.84. The molecule has 132 valence electrons. The third-order valence-electron chi connectivity index (χ3n) is 4.46. The van der Waals surface area contributed by atoms with Crippen LogP contribution >= 0.6 is 11.6 Å². The van der Waals surface area contributed by atoms with Gasteiger partial charge in [-0.3, -0.25) is 4.79 Å². The van der Waals surface area contributed by atoms with Crippen LogP contribution in [-0.2, 0) is 11.3 Å². The molecule has 1 aromatic heterocycles. The predicted molar refractivity (Wildman–Crippen MR) is 97.2 cm³/mol. The molecule has 1 unspecified atom stereocenters. The summed E-state index contributed by atoms with van der Waals surface area (Å²) in [6.45, 7) is 5.19. The molecular formula is C18H22ClN5O. The Bertz CT molecular complexity index is 786. The number of piperidine rings is 1. The Morgan fingerprint density at radius 1 is 1.40 bits per heavy atom. The largest absolute Gasteiger partial charge is 0.336 e. The summed E-state index contributed by atoms with van der Waals surface area (Å²) in [4.78, 5) is 16.0. The third-order valence-corrected chi connectivity index (χ3v) is 4.70. The molecule has 25 heavy (non-hydrogen) atoms. The molecule has 0 aliphatic carbocycles. The van der Waals surface area contributed by atoms with E-state index in [1.807, 2.05) is 29.2 Å². The normalized spacial score (nSPS) is 18.0. The summed E-state index contributed by atoms with van der Waals surface area (Å²) in [7, 11) is 0. The van der Waals surface area contributed by atoms with E-state index in [1.165, 1.54) is 11.2 Å². The standard InChI is InChI=1S/C18H22ClN5O/c1-13-5-3-4-10-23(13)18(25)9-7-15-6-8-17(19)11-16(15)12-24-21-14(2)20-22-24/h6-9,11,13H,3-5,10,12H2,1-2H3/b9-7+. The Morgan fingerprint density at radius 3 is 2.96 bits per heavy atom. The van der Waals surface area contributed by atoms with Gasteiger partial charge in [0.2, 0.25) is 5.91 Å². The van der Waals surface area contributed by atoms with Gasteiger partial charge < -0.3 is 4.90 Å². The number of halogens is 1. The maximum absolute atomic E-state index is 12.5. The first-order valence-electron chi connectivity index (χ1n) is 8.54. The van der Waals surface area contributed by atoms with Crippen LogP contribution in [0, 0.1) is 6.92 Å². The van der Waals surface area contributed by atoms with Gasteiger partial charge in [0.25, 0.3) is 0 Å². The van der Waals surface area contributed by atoms with E-state index in [1.54, 1.807) is 13.0 Å². The summed E-state index contributed by atoms with van der Waals surface area (Å²) in [6, 6.07) is 5.90. The molecule has 0 bridgehead atoms. The van der Waals surface area contributed by atoms with Crippen LogP contribution in [0.2, 0.25) is 5.02 Å². The summed E-state index contributed by atoms with van der Waals surface area (Å²) in [5, 5.41) is 12.7. The first-order valence-corrected chi connectivity index (χ1v) is 8.92. The lowest BCUT2D eigenvalue weighted by Gasteiger charge is -2.32. The van der Waals surface area contributed by atoms with Gasteiger partial charge in [0, 0.05) is 23.7 Å². The molecule has 1 aliphatic rings. The zero-order chi connectivity index (χ0) is 17.8. The highest BCUT2D eigenvalue weighted by Crippen LogP contribution is 2.20. The number of hydrogen-bond acceptors (Lipinski definition) is 4. The van der Waals surface area contributed by atoms with Gasteiger partial charge in [0.05, 0.1) is 6.54 Å². The van der Waals surface area contributed by atoms with Crippen LogP contribution in [0.3, 0.4) is 0 Å². The molecule has 2 heterocycles. The van der Waals surface area contributed by atoms with Crippen molar-refractivity contribution in [2.24, 2.45) is 0 Å². The van der Waals surface area contributed by atoms with Gasteiger partial charge in [-0.2, -0.15) is 4.80 Å². The number of rotatable bonds is 4. The van der Waals surface area contributed by atoms with Gasteiger partial charge >= 0.3 is 0 Å². The molecule has 1 amide bonds. The second-order valence-electron chi connectivity index (χ2n) is 6.42. The number of hydrogen-bond donors (Lipinski definition) is 0. The molecule has 0 spiro atoms. The van der Waals surface area contributed by atoms with Gasteiger partial charge in [-0.25, -0.2) is 0 Å². The summed E-state index contributed by atoms with van der Waals surface area (Å²) in [5.74, 6) is 0.677. The second kappa shape index (κ2) is 7.78. The van der Waals surface area contributed by atoms with Gasteiger partial charge in [-0.15, -0.1) is 10.2 Å². The molecule has 7 heteroatoms. The molecule has 0 saturated carbocycles. The summed E-state index contributed by atoms with van der Waals surface area (Å²) >= 11 is 6.13. The maximum atomic E-state index is 12.5. The van der Waals surface area contributed by atoms with E-state index in [2.05, 4.69) is 22.3 Å². The Labute approximate surface area is 152 Å². The lowest BCUT2D eigenvalue weighted by molar-refractivity contribution is -0.129. The zero-order valence-electron chi connectivity index (χ0n) is 14.5. The number of aromatic nitrogens is 4. The van der Waals surface area contributed by atoms with E-state index in [0.29, 0.717) is 23.4 Å². The minimum Gasteiger partial charge on any atom is -0.336 e. The van der Waals surface area contributed by atoms with Crippen molar-refractivity contribution < 1.29 is 4.79 Å². The number of tetrazole rings is 1. The topological polar surface area (TPSA) is 63.9 Å². The third kappa shape index (κ3) is 4.45. The number of amides is 1. The van der Waals surface area contributed by atoms with Crippen molar-refractivity contribution >= 4 is 23.6 Å². The quantitative estimate of drug-likeness (QED) is 0.787. The number of likely N-dealkylation sites (tertiary alicyclic amines) is 1. The molecule has 1 atom stereocenters. The molecule has 2 aromatic rings. The van der Waals surface area contributed by atoms with Gasteiger partial charge in [-0.05, 0) is 67.7 Å². The lowest BCUT2D eigenvalue weighted by Crippen LogP contribution is -2.41. The van der Waals surface area contributed by atoms with Crippen molar-refractivity contribution in [3.05, 3.63) is 46.2 Å². The van der Waals surface area contributed by atoms with Crippen molar-refractivity contribution in [1.82, 2.24) is 25.1 Å². The van der Waals surface area contributed by atoms with Crippen LogP contribution in [0.4, 0.5) is 0 Å². The molecule has 1 aromatic carbocycles. The maximum Gasteiger partial charge on any atom is 0.246 e. The average Bonchev–Trinajstić information content (AvgIpc) is 2.99. The monoisotopic (exact) mass is 359 g/mol. The average molecular weight is 360 g/mol. The molecule has 1 aliphatic heterocycles. The van der Waals surface area contributed by atoms with Crippen LogP contribution in [0.15, 0.2) is 24.3 Å². The number of carbonyl (C=O) groups excluding carboxylic acids is 1. The summed E-state index contributed by atoms with van der Waals surface area (Å²) < 4.78 is 0. The van der Waals surface area contributed by atoms with Crippen molar-refractivity contribution in [3.8, 4) is 0 Å². The van der Waals surface area contributed by atoms with E-state index < -0.39 is 0 Å². The fraction of sp³-hybridized carbons (Fsp3) is 0.444. The number of benzene rings is 1. The number of carbonyl (C=O) groups is 1. The first kappa shape index (κ1) is 17.6. The van der Waals surface area contributed by atoms with Crippen LogP contribution in [0.25, 0.3) is 6.08 Å². The first-order chi connectivity index (χ1) is 12.0. The Hall–Kier alpha value is -2.21. The lowest BCUT2D eigenvalue weighted by atomic mass is 10.0. The van der Waals surface area contributed by atoms with Crippen molar-refractivity contribution in [1.29, 1.82) is 0 Å². The Kier molecular flexibility index (Phi) is 5.48. The minimum atomic E-state index is 0.0582. The number of nitrogens with zero attached hydrogens (tertiary/aromatic N) is 5. The van der Waals surface area contributed by atoms with E-state index in [4.69, 9.17) is 11.6 Å². The van der Waals surface area contributed by atoms with Crippen LogP contribution in [-0.4, -0.2) is 43.6 Å². The van der Waals surface area contributed by atoms with Crippen molar-refractivity contribution in [2.45, 2.75) is 45.7 Å². The van der Waals surface area contributed by atoms with Crippen molar-refractivity contribution in [3.63, 3.8) is 0 Å². The minimum absolute atomic E-state index is 0.0582. The Balaban J connectivity index is 1.78. The highest BCUT2D eigenvalue weighted by Gasteiger charge is 2.21. The predicted octanol–water partition coefficient (Wildman–Crippen LogP) is 3.10. The molecule has 6 nitrogen and oxygen atoms in total. The van der Waals surface area contributed by atoms with Gasteiger partial charge in [-0.1, -0.05) is 17.7 Å². The van der Waals surface area contributed by atoms with E-state index in [-0.39, 0.29) is 5.91 Å². The Morgan fingerprint density at radius 2 is 2.24 bits per heavy atom. The molecule has 0 radical (unpaired) electrons. The van der Waals surface area contributed by atoms with Crippen LogP contribution in [0.1, 0.15) is 43.1 Å². The van der Waals surface area contributed by atoms with Crippen LogP contribution in [0.5, 0.6) is 0 Å². The SMILES string of the molecule is Cc1nnn(Cc2cc(Cl)ccc2/C=C/C(=O)N2CCCCC2C)n1. The fourth-order valence-corrected chi connectivity index (χ4v) is 3.29. The van der Waals surface area contributed by atoms with E-state index in [9.17, 15) is 4.79 Å². The highest BCUT2D eigenvalue weighted by atomic mass is 35.5. The van der Waals surface area contributed by atoms with Crippen LogP contribution < -0.4 is 0 Å². The molecular weight excluding hydrogens is 338 g/mol. The second-order valence-corrected chi connectivity index (χ2v) is 6.86. The van der Waals surface area contributed by atoms with E-state index in [0.717, 1.165) is 30.5 Å². The number of aryl methyl sites for hydroxylation is 1. The highest BCUT2D eigenvalue weighted by molar-refractivity contribution is 6.30. The fourth-order valence-electron chi connectivity index (χ4n) is 3.10. The molecule has 1 saturated heterocycles. The molecule has 3 rings (SSSR count). The van der Waals surface area contributed by atoms with Crippen molar-refractivity contribution in [2.75, 3.05) is 6.54 Å². The smallest absolute Gasteiger partial charge is 0.246 e. The molecule has 0 N–H and O–H groups in total. The van der Waals surface area contributed by atoms with E-state index >= 15 is 0 Å². The van der Waals surface area contributed by atoms with Gasteiger partial charge in [0.15, 0.2) is 5.82 Å².